The number of rotatable bonds is 5. The van der Waals surface area contributed by atoms with Gasteiger partial charge in [0.15, 0.2) is 6.10 Å². The highest BCUT2D eigenvalue weighted by Crippen LogP contribution is 2.32. The summed E-state index contributed by atoms with van der Waals surface area (Å²) >= 11 is 0. The Morgan fingerprint density at radius 3 is 2.52 bits per heavy atom. The van der Waals surface area contributed by atoms with Crippen molar-refractivity contribution in [3.63, 3.8) is 0 Å². The fourth-order valence-corrected chi connectivity index (χ4v) is 2.10. The number of carbonyl (C=O) groups excluding carboxylic acids is 2. The van der Waals surface area contributed by atoms with E-state index in [9.17, 15) is 19.5 Å². The van der Waals surface area contributed by atoms with E-state index in [0.29, 0.717) is 6.54 Å². The second-order valence-electron chi connectivity index (χ2n) is 5.78. The van der Waals surface area contributed by atoms with Gasteiger partial charge in [0.25, 0.3) is 0 Å². The molecule has 7 nitrogen and oxygen atoms in total. The molecule has 2 atom stereocenters. The number of amides is 1. The largest absolute Gasteiger partial charge is 0.481 e. The van der Waals surface area contributed by atoms with Crippen LogP contribution in [0.3, 0.4) is 0 Å². The molecule has 0 bridgehead atoms. The van der Waals surface area contributed by atoms with Crippen LogP contribution in [-0.2, 0) is 23.9 Å². The molecule has 0 spiro atoms. The lowest BCUT2D eigenvalue weighted by Crippen LogP contribution is -2.50. The Kier molecular flexibility index (Phi) is 5.71. The summed E-state index contributed by atoms with van der Waals surface area (Å²) in [6.07, 6.45) is -0.906. The number of nitrogens with zero attached hydrogens (tertiary/aromatic N) is 1. The van der Waals surface area contributed by atoms with E-state index in [-0.39, 0.29) is 31.4 Å². The van der Waals surface area contributed by atoms with Gasteiger partial charge in [-0.05, 0) is 12.8 Å². The van der Waals surface area contributed by atoms with Crippen molar-refractivity contribution in [3.05, 3.63) is 0 Å². The second kappa shape index (κ2) is 6.89. The van der Waals surface area contributed by atoms with Crippen molar-refractivity contribution in [2.75, 3.05) is 26.8 Å². The topological polar surface area (TPSA) is 93.1 Å². The number of carboxylic acid groups (broad SMARTS) is 1. The first-order chi connectivity index (χ1) is 9.72. The normalized spacial score (nSPS) is 21.8. The molecule has 0 aliphatic carbocycles. The highest BCUT2D eigenvalue weighted by molar-refractivity contribution is 5.85. The third-order valence-corrected chi connectivity index (χ3v) is 4.16. The molecular weight excluding hydrogens is 278 g/mol. The molecular formula is C14H23NO6. The Morgan fingerprint density at radius 2 is 2.05 bits per heavy atom. The van der Waals surface area contributed by atoms with Crippen molar-refractivity contribution >= 4 is 17.8 Å². The number of carbonyl (C=O) groups is 3. The van der Waals surface area contributed by atoms with E-state index in [1.54, 1.807) is 20.8 Å². The number of morpholine rings is 1. The average molecular weight is 301 g/mol. The number of hydrogen-bond acceptors (Lipinski definition) is 5. The molecule has 1 fully saturated rings. The van der Waals surface area contributed by atoms with Gasteiger partial charge in [0.05, 0.1) is 25.7 Å². The molecule has 0 radical (unpaired) electrons. The van der Waals surface area contributed by atoms with Crippen LogP contribution >= 0.6 is 0 Å². The van der Waals surface area contributed by atoms with E-state index in [1.165, 1.54) is 12.0 Å². The molecule has 1 saturated heterocycles. The maximum Gasteiger partial charge on any atom is 0.336 e. The first kappa shape index (κ1) is 17.4. The Balaban J connectivity index is 2.74. The summed E-state index contributed by atoms with van der Waals surface area (Å²) in [6.45, 7) is 5.79. The van der Waals surface area contributed by atoms with Crippen LogP contribution in [0.15, 0.2) is 0 Å². The lowest BCUT2D eigenvalue weighted by Gasteiger charge is -2.35. The van der Waals surface area contributed by atoms with Crippen LogP contribution in [0, 0.1) is 11.3 Å². The fraction of sp³-hybridized carbons (Fsp3) is 0.786. The molecule has 120 valence electrons. The molecule has 2 unspecified atom stereocenters. The van der Waals surface area contributed by atoms with Crippen molar-refractivity contribution in [2.45, 2.75) is 33.3 Å². The number of carboxylic acids is 1. The lowest BCUT2D eigenvalue weighted by atomic mass is 9.76. The summed E-state index contributed by atoms with van der Waals surface area (Å²) in [7, 11) is 1.26. The van der Waals surface area contributed by atoms with Gasteiger partial charge in [-0.3, -0.25) is 9.59 Å². The fourth-order valence-electron chi connectivity index (χ4n) is 2.10. The predicted molar refractivity (Wildman–Crippen MR) is 73.5 cm³/mol. The van der Waals surface area contributed by atoms with Crippen molar-refractivity contribution in [1.82, 2.24) is 4.90 Å². The van der Waals surface area contributed by atoms with Gasteiger partial charge < -0.3 is 19.5 Å². The summed E-state index contributed by atoms with van der Waals surface area (Å²) in [5, 5.41) is 9.36. The first-order valence-electron chi connectivity index (χ1n) is 6.93. The van der Waals surface area contributed by atoms with E-state index in [0.717, 1.165) is 0 Å². The molecule has 0 saturated carbocycles. The smallest absolute Gasteiger partial charge is 0.336 e. The van der Waals surface area contributed by atoms with Crippen LogP contribution in [0.2, 0.25) is 0 Å². The van der Waals surface area contributed by atoms with Gasteiger partial charge in [0, 0.05) is 13.0 Å². The SMILES string of the molecule is COC(=O)C1CN(C(=O)CC(C)(C(=O)O)C(C)C)CCO1. The van der Waals surface area contributed by atoms with E-state index in [4.69, 9.17) is 4.74 Å². The van der Waals surface area contributed by atoms with Gasteiger partial charge in [-0.2, -0.15) is 0 Å². The lowest BCUT2D eigenvalue weighted by molar-refractivity contribution is -0.165. The van der Waals surface area contributed by atoms with Crippen molar-refractivity contribution in [2.24, 2.45) is 11.3 Å². The Morgan fingerprint density at radius 1 is 1.43 bits per heavy atom. The van der Waals surface area contributed by atoms with Gasteiger partial charge in [-0.15, -0.1) is 0 Å². The van der Waals surface area contributed by atoms with Gasteiger partial charge in [0.1, 0.15) is 0 Å². The molecule has 1 N–H and O–H groups in total. The third-order valence-electron chi connectivity index (χ3n) is 4.16. The highest BCUT2D eigenvalue weighted by atomic mass is 16.6. The highest BCUT2D eigenvalue weighted by Gasteiger charge is 2.41. The zero-order chi connectivity index (χ0) is 16.2. The van der Waals surface area contributed by atoms with Crippen molar-refractivity contribution in [3.8, 4) is 0 Å². The number of esters is 1. The van der Waals surface area contributed by atoms with Gasteiger partial charge in [-0.1, -0.05) is 13.8 Å². The quantitative estimate of drug-likeness (QED) is 0.744. The minimum absolute atomic E-state index is 0.0965. The van der Waals surface area contributed by atoms with Gasteiger partial charge >= 0.3 is 11.9 Å². The third kappa shape index (κ3) is 3.93. The molecule has 1 rings (SSSR count). The maximum atomic E-state index is 12.3. The molecule has 1 heterocycles. The van der Waals surface area contributed by atoms with Gasteiger partial charge in [0.2, 0.25) is 5.91 Å². The van der Waals surface area contributed by atoms with Crippen LogP contribution in [0.5, 0.6) is 0 Å². The monoisotopic (exact) mass is 301 g/mol. The molecule has 0 aromatic rings. The van der Waals surface area contributed by atoms with Crippen molar-refractivity contribution in [1.29, 1.82) is 0 Å². The van der Waals surface area contributed by atoms with E-state index in [1.807, 2.05) is 0 Å². The molecule has 1 aliphatic heterocycles. The van der Waals surface area contributed by atoms with Crippen LogP contribution in [-0.4, -0.2) is 60.8 Å². The zero-order valence-electron chi connectivity index (χ0n) is 12.9. The molecule has 1 amide bonds. The molecule has 0 aromatic carbocycles. The zero-order valence-corrected chi connectivity index (χ0v) is 12.9. The summed E-state index contributed by atoms with van der Waals surface area (Å²) in [4.78, 5) is 36.7. The van der Waals surface area contributed by atoms with Crippen molar-refractivity contribution < 1.29 is 29.0 Å². The second-order valence-corrected chi connectivity index (χ2v) is 5.78. The summed E-state index contributed by atoms with van der Waals surface area (Å²) in [5.41, 5.74) is -1.13. The summed E-state index contributed by atoms with van der Waals surface area (Å²) in [5.74, 6) is -2.00. The number of ether oxygens (including phenoxy) is 2. The Bertz CT molecular complexity index is 422. The maximum absolute atomic E-state index is 12.3. The van der Waals surface area contributed by atoms with E-state index in [2.05, 4.69) is 4.74 Å². The summed E-state index contributed by atoms with van der Waals surface area (Å²) in [6, 6.07) is 0. The van der Waals surface area contributed by atoms with Crippen LogP contribution in [0.4, 0.5) is 0 Å². The summed E-state index contributed by atoms with van der Waals surface area (Å²) < 4.78 is 9.85. The molecule has 0 aromatic heterocycles. The predicted octanol–water partition coefficient (Wildman–Crippen LogP) is 0.524. The number of aliphatic carboxylic acids is 1. The minimum Gasteiger partial charge on any atom is -0.481 e. The van der Waals surface area contributed by atoms with E-state index < -0.39 is 23.5 Å². The number of methoxy groups -OCH3 is 1. The Labute approximate surface area is 124 Å². The minimum atomic E-state index is -1.13. The van der Waals surface area contributed by atoms with Gasteiger partial charge in [-0.25, -0.2) is 4.79 Å². The average Bonchev–Trinajstić information content (AvgIpc) is 2.45. The molecule has 1 aliphatic rings. The Hall–Kier alpha value is -1.63. The van der Waals surface area contributed by atoms with Crippen LogP contribution in [0.25, 0.3) is 0 Å². The standard InChI is InChI=1S/C14H23NO6/c1-9(2)14(3,13(18)19)7-11(16)15-5-6-21-10(8-15)12(17)20-4/h9-10H,5-8H2,1-4H3,(H,18,19). The van der Waals surface area contributed by atoms with Crippen LogP contribution < -0.4 is 0 Å². The number of hydrogen-bond donors (Lipinski definition) is 1. The van der Waals surface area contributed by atoms with E-state index >= 15 is 0 Å². The molecule has 21 heavy (non-hydrogen) atoms. The molecule has 7 heteroatoms. The van der Waals surface area contributed by atoms with Crippen LogP contribution in [0.1, 0.15) is 27.2 Å². The first-order valence-corrected chi connectivity index (χ1v) is 6.93.